The molecule has 0 aromatic heterocycles. The van der Waals surface area contributed by atoms with Gasteiger partial charge in [0.05, 0.1) is 22.2 Å². The SMILES string of the molecule is O=C1Nc2cccc(Cl)c2N2CCS(=O)CC12. The molecule has 1 fully saturated rings. The van der Waals surface area contributed by atoms with Gasteiger partial charge in [-0.15, -0.1) is 0 Å². The van der Waals surface area contributed by atoms with E-state index in [1.54, 1.807) is 6.07 Å². The first-order valence-corrected chi connectivity index (χ1v) is 7.24. The quantitative estimate of drug-likeness (QED) is 0.771. The highest BCUT2D eigenvalue weighted by atomic mass is 35.5. The molecule has 4 nitrogen and oxygen atoms in total. The lowest BCUT2D eigenvalue weighted by molar-refractivity contribution is -0.117. The lowest BCUT2D eigenvalue weighted by Gasteiger charge is -2.40. The Morgan fingerprint density at radius 3 is 3.12 bits per heavy atom. The van der Waals surface area contributed by atoms with E-state index in [9.17, 15) is 9.00 Å². The summed E-state index contributed by atoms with van der Waals surface area (Å²) in [6.07, 6.45) is 0. The number of hydrogen-bond donors (Lipinski definition) is 1. The van der Waals surface area contributed by atoms with Crippen LogP contribution in [-0.2, 0) is 15.6 Å². The van der Waals surface area contributed by atoms with E-state index >= 15 is 0 Å². The van der Waals surface area contributed by atoms with Gasteiger partial charge in [0.15, 0.2) is 0 Å². The molecule has 1 aromatic carbocycles. The summed E-state index contributed by atoms with van der Waals surface area (Å²) in [4.78, 5) is 13.9. The molecule has 2 aliphatic heterocycles. The number of anilines is 2. The molecule has 0 spiro atoms. The molecule has 1 amide bonds. The van der Waals surface area contributed by atoms with Crippen molar-refractivity contribution in [3.8, 4) is 0 Å². The van der Waals surface area contributed by atoms with Gasteiger partial charge in [0.1, 0.15) is 6.04 Å². The second-order valence-electron chi connectivity index (χ2n) is 4.15. The van der Waals surface area contributed by atoms with Crippen molar-refractivity contribution in [3.05, 3.63) is 23.2 Å². The fourth-order valence-corrected chi connectivity index (χ4v) is 3.85. The Hall–Kier alpha value is -1.07. The highest BCUT2D eigenvalue weighted by Crippen LogP contribution is 2.39. The molecule has 6 heteroatoms. The van der Waals surface area contributed by atoms with Crippen molar-refractivity contribution < 1.29 is 9.00 Å². The number of rotatable bonds is 0. The van der Waals surface area contributed by atoms with Gasteiger partial charge in [-0.25, -0.2) is 0 Å². The number of para-hydroxylation sites is 1. The van der Waals surface area contributed by atoms with E-state index in [1.807, 2.05) is 17.0 Å². The molecule has 2 atom stereocenters. The van der Waals surface area contributed by atoms with E-state index < -0.39 is 10.8 Å². The monoisotopic (exact) mass is 270 g/mol. The summed E-state index contributed by atoms with van der Waals surface area (Å²) in [6.45, 7) is 0.613. The van der Waals surface area contributed by atoms with E-state index in [4.69, 9.17) is 11.6 Å². The van der Waals surface area contributed by atoms with Gasteiger partial charge in [-0.05, 0) is 12.1 Å². The van der Waals surface area contributed by atoms with Crippen LogP contribution in [0.2, 0.25) is 5.02 Å². The predicted octanol–water partition coefficient (Wildman–Crippen LogP) is 1.23. The normalized spacial score (nSPS) is 27.1. The van der Waals surface area contributed by atoms with Crippen LogP contribution >= 0.6 is 11.6 Å². The van der Waals surface area contributed by atoms with E-state index in [0.29, 0.717) is 23.1 Å². The maximum absolute atomic E-state index is 11.9. The van der Waals surface area contributed by atoms with Crippen molar-refractivity contribution in [1.29, 1.82) is 0 Å². The first kappa shape index (κ1) is 11.0. The maximum atomic E-state index is 11.9. The summed E-state index contributed by atoms with van der Waals surface area (Å²) in [5.41, 5.74) is 1.60. The summed E-state index contributed by atoms with van der Waals surface area (Å²) >= 11 is 6.18. The first-order chi connectivity index (χ1) is 8.16. The average molecular weight is 271 g/mol. The number of amides is 1. The molecule has 2 heterocycles. The number of carbonyl (C=O) groups is 1. The summed E-state index contributed by atoms with van der Waals surface area (Å²) < 4.78 is 11.5. The Morgan fingerprint density at radius 1 is 1.47 bits per heavy atom. The van der Waals surface area contributed by atoms with Gasteiger partial charge >= 0.3 is 0 Å². The van der Waals surface area contributed by atoms with Crippen LogP contribution in [0.4, 0.5) is 11.4 Å². The Kier molecular flexibility index (Phi) is 2.60. The Bertz CT molecular complexity index is 520. The van der Waals surface area contributed by atoms with E-state index in [2.05, 4.69) is 5.32 Å². The fraction of sp³-hybridized carbons (Fsp3) is 0.364. The number of hydrogen-bond acceptors (Lipinski definition) is 3. The maximum Gasteiger partial charge on any atom is 0.248 e. The fourth-order valence-electron chi connectivity index (χ4n) is 2.31. The summed E-state index contributed by atoms with van der Waals surface area (Å²) in [5, 5.41) is 3.45. The van der Waals surface area contributed by atoms with Gasteiger partial charge in [0.2, 0.25) is 5.91 Å². The molecule has 2 unspecified atom stereocenters. The van der Waals surface area contributed by atoms with Gasteiger partial charge in [0, 0.05) is 23.1 Å². The number of benzene rings is 1. The number of fused-ring (bicyclic) bond motifs is 3. The van der Waals surface area contributed by atoms with Crippen LogP contribution in [0.1, 0.15) is 0 Å². The van der Waals surface area contributed by atoms with Gasteiger partial charge < -0.3 is 10.2 Å². The molecule has 0 aliphatic carbocycles. The smallest absolute Gasteiger partial charge is 0.248 e. The van der Waals surface area contributed by atoms with Crippen LogP contribution in [-0.4, -0.2) is 34.2 Å². The van der Waals surface area contributed by atoms with E-state index in [0.717, 1.165) is 11.4 Å². The molecular weight excluding hydrogens is 260 g/mol. The topological polar surface area (TPSA) is 49.4 Å². The molecule has 17 heavy (non-hydrogen) atoms. The van der Waals surface area contributed by atoms with Crippen molar-refractivity contribution in [2.75, 3.05) is 28.3 Å². The summed E-state index contributed by atoms with van der Waals surface area (Å²) in [6, 6.07) is 5.10. The highest BCUT2D eigenvalue weighted by molar-refractivity contribution is 7.85. The standard InChI is InChI=1S/C11H11ClN2O2S/c12-7-2-1-3-8-10(7)14-4-5-17(16)6-9(14)11(15)13-8/h1-3,9H,4-6H2,(H,13,15). The second kappa shape index (κ2) is 3.99. The van der Waals surface area contributed by atoms with E-state index in [1.165, 1.54) is 0 Å². The number of halogens is 1. The second-order valence-corrected chi connectivity index (χ2v) is 6.17. The zero-order chi connectivity index (χ0) is 12.0. The van der Waals surface area contributed by atoms with Crippen LogP contribution in [0.25, 0.3) is 0 Å². The summed E-state index contributed by atoms with van der Waals surface area (Å²) in [7, 11) is -0.908. The van der Waals surface area contributed by atoms with Crippen LogP contribution in [0, 0.1) is 0 Å². The minimum absolute atomic E-state index is 0.0900. The Balaban J connectivity index is 2.09. The zero-order valence-corrected chi connectivity index (χ0v) is 10.6. The van der Waals surface area contributed by atoms with Crippen LogP contribution in [0.15, 0.2) is 18.2 Å². The lowest BCUT2D eigenvalue weighted by Crippen LogP contribution is -2.55. The summed E-state index contributed by atoms with van der Waals surface area (Å²) in [5.74, 6) is 0.887. The van der Waals surface area contributed by atoms with Crippen molar-refractivity contribution in [2.45, 2.75) is 6.04 Å². The third-order valence-electron chi connectivity index (χ3n) is 3.11. The molecule has 1 N–H and O–H groups in total. The van der Waals surface area contributed by atoms with Crippen molar-refractivity contribution in [3.63, 3.8) is 0 Å². The van der Waals surface area contributed by atoms with Crippen molar-refractivity contribution >= 4 is 39.7 Å². The molecule has 0 radical (unpaired) electrons. The number of nitrogens with zero attached hydrogens (tertiary/aromatic N) is 1. The van der Waals surface area contributed by atoms with Gasteiger partial charge in [-0.2, -0.15) is 0 Å². The minimum Gasteiger partial charge on any atom is -0.355 e. The predicted molar refractivity (Wildman–Crippen MR) is 69.1 cm³/mol. The van der Waals surface area contributed by atoms with Gasteiger partial charge in [-0.3, -0.25) is 9.00 Å². The molecule has 0 saturated carbocycles. The third kappa shape index (κ3) is 1.73. The Labute approximate surface area is 106 Å². The van der Waals surface area contributed by atoms with Gasteiger partial charge in [0.25, 0.3) is 0 Å². The minimum atomic E-state index is -0.908. The number of nitrogens with one attached hydrogen (secondary N) is 1. The highest BCUT2D eigenvalue weighted by Gasteiger charge is 2.37. The molecule has 1 aromatic rings. The first-order valence-electron chi connectivity index (χ1n) is 5.38. The molecule has 1 saturated heterocycles. The molecule has 2 aliphatic rings. The zero-order valence-electron chi connectivity index (χ0n) is 8.98. The van der Waals surface area contributed by atoms with Crippen molar-refractivity contribution in [1.82, 2.24) is 0 Å². The van der Waals surface area contributed by atoms with Crippen molar-refractivity contribution in [2.24, 2.45) is 0 Å². The largest absolute Gasteiger partial charge is 0.355 e. The van der Waals surface area contributed by atoms with Crippen LogP contribution in [0.3, 0.4) is 0 Å². The van der Waals surface area contributed by atoms with E-state index in [-0.39, 0.29) is 11.9 Å². The molecule has 3 rings (SSSR count). The number of carbonyl (C=O) groups excluding carboxylic acids is 1. The van der Waals surface area contributed by atoms with Gasteiger partial charge in [-0.1, -0.05) is 17.7 Å². The third-order valence-corrected chi connectivity index (χ3v) is 4.74. The van der Waals surface area contributed by atoms with Crippen LogP contribution < -0.4 is 10.2 Å². The average Bonchev–Trinajstić information content (AvgIpc) is 2.30. The lowest BCUT2D eigenvalue weighted by atomic mass is 10.1. The molecular formula is C11H11ClN2O2S. The molecule has 90 valence electrons. The molecule has 0 bridgehead atoms. The van der Waals surface area contributed by atoms with Crippen LogP contribution in [0.5, 0.6) is 0 Å². The Morgan fingerprint density at radius 2 is 2.29 bits per heavy atom.